The van der Waals surface area contributed by atoms with Gasteiger partial charge in [-0.25, -0.2) is 4.39 Å². The minimum absolute atomic E-state index is 0.126. The fraction of sp³-hybridized carbons (Fsp3) is 0.350. The smallest absolute Gasteiger partial charge is 0.236 e. The standard InChI is InChI=1S/C20H24FN3O/c21-19-8-6-17(7-9-19)14-22-15-20(25)24-12-10-23(11-13-24)16-18-4-2-1-3-5-18/h1-9,22H,10-16H2. The summed E-state index contributed by atoms with van der Waals surface area (Å²) >= 11 is 0. The molecule has 0 saturated carbocycles. The second-order valence-electron chi connectivity index (χ2n) is 6.37. The molecule has 1 fully saturated rings. The van der Waals surface area contributed by atoms with Gasteiger partial charge < -0.3 is 10.2 Å². The van der Waals surface area contributed by atoms with Gasteiger partial charge in [-0.2, -0.15) is 0 Å². The summed E-state index contributed by atoms with van der Waals surface area (Å²) in [5.74, 6) is -0.116. The molecule has 1 N–H and O–H groups in total. The number of carbonyl (C=O) groups excluding carboxylic acids is 1. The zero-order chi connectivity index (χ0) is 17.5. The number of hydrogen-bond donors (Lipinski definition) is 1. The van der Waals surface area contributed by atoms with Crippen molar-refractivity contribution in [1.82, 2.24) is 15.1 Å². The molecular weight excluding hydrogens is 317 g/mol. The lowest BCUT2D eigenvalue weighted by Crippen LogP contribution is -2.50. The zero-order valence-corrected chi connectivity index (χ0v) is 14.3. The van der Waals surface area contributed by atoms with E-state index in [4.69, 9.17) is 0 Å². The molecule has 0 radical (unpaired) electrons. The number of nitrogens with zero attached hydrogens (tertiary/aromatic N) is 2. The molecule has 0 spiro atoms. The summed E-state index contributed by atoms with van der Waals surface area (Å²) in [6, 6.07) is 16.7. The van der Waals surface area contributed by atoms with Crippen LogP contribution in [0.25, 0.3) is 0 Å². The lowest BCUT2D eigenvalue weighted by atomic mass is 10.2. The molecule has 1 saturated heterocycles. The summed E-state index contributed by atoms with van der Waals surface area (Å²) < 4.78 is 12.9. The molecule has 5 heteroatoms. The van der Waals surface area contributed by atoms with Gasteiger partial charge in [-0.1, -0.05) is 42.5 Å². The largest absolute Gasteiger partial charge is 0.339 e. The predicted molar refractivity (Wildman–Crippen MR) is 96.4 cm³/mol. The number of rotatable bonds is 6. The van der Waals surface area contributed by atoms with Gasteiger partial charge in [0.05, 0.1) is 6.54 Å². The van der Waals surface area contributed by atoms with Crippen LogP contribution in [0.3, 0.4) is 0 Å². The van der Waals surface area contributed by atoms with E-state index in [0.29, 0.717) is 13.1 Å². The van der Waals surface area contributed by atoms with Gasteiger partial charge in [0.25, 0.3) is 0 Å². The van der Waals surface area contributed by atoms with Crippen LogP contribution in [0, 0.1) is 5.82 Å². The SMILES string of the molecule is O=C(CNCc1ccc(F)cc1)N1CCN(Cc2ccccc2)CC1. The second-order valence-corrected chi connectivity index (χ2v) is 6.37. The Morgan fingerprint density at radius 2 is 1.60 bits per heavy atom. The molecule has 1 heterocycles. The highest BCUT2D eigenvalue weighted by atomic mass is 19.1. The number of benzene rings is 2. The van der Waals surface area contributed by atoms with Crippen LogP contribution in [0.4, 0.5) is 4.39 Å². The van der Waals surface area contributed by atoms with Gasteiger partial charge in [0, 0.05) is 39.3 Å². The van der Waals surface area contributed by atoms with Crippen LogP contribution in [0.1, 0.15) is 11.1 Å². The van der Waals surface area contributed by atoms with Crippen molar-refractivity contribution in [3.05, 3.63) is 71.5 Å². The quantitative estimate of drug-likeness (QED) is 0.875. The van der Waals surface area contributed by atoms with Crippen molar-refractivity contribution < 1.29 is 9.18 Å². The first kappa shape index (κ1) is 17.6. The number of amides is 1. The van der Waals surface area contributed by atoms with Crippen molar-refractivity contribution in [3.8, 4) is 0 Å². The van der Waals surface area contributed by atoms with Crippen LogP contribution in [0.2, 0.25) is 0 Å². The number of nitrogens with one attached hydrogen (secondary N) is 1. The molecule has 25 heavy (non-hydrogen) atoms. The fourth-order valence-electron chi connectivity index (χ4n) is 3.02. The van der Waals surface area contributed by atoms with Crippen LogP contribution in [-0.2, 0) is 17.9 Å². The first-order valence-corrected chi connectivity index (χ1v) is 8.70. The summed E-state index contributed by atoms with van der Waals surface area (Å²) in [4.78, 5) is 16.6. The van der Waals surface area contributed by atoms with E-state index in [0.717, 1.165) is 38.3 Å². The van der Waals surface area contributed by atoms with E-state index < -0.39 is 0 Å². The van der Waals surface area contributed by atoms with Crippen molar-refractivity contribution in [2.24, 2.45) is 0 Å². The molecule has 2 aromatic rings. The van der Waals surface area contributed by atoms with Crippen molar-refractivity contribution in [1.29, 1.82) is 0 Å². The second kappa shape index (κ2) is 8.74. The van der Waals surface area contributed by atoms with E-state index in [1.54, 1.807) is 12.1 Å². The zero-order valence-electron chi connectivity index (χ0n) is 14.3. The van der Waals surface area contributed by atoms with Crippen molar-refractivity contribution in [3.63, 3.8) is 0 Å². The van der Waals surface area contributed by atoms with E-state index in [9.17, 15) is 9.18 Å². The van der Waals surface area contributed by atoms with Crippen molar-refractivity contribution >= 4 is 5.91 Å². The molecular formula is C20H24FN3O. The number of carbonyl (C=O) groups is 1. The molecule has 0 aromatic heterocycles. The third-order valence-electron chi connectivity index (χ3n) is 4.49. The maximum atomic E-state index is 12.9. The van der Waals surface area contributed by atoms with E-state index in [2.05, 4.69) is 34.5 Å². The van der Waals surface area contributed by atoms with Crippen LogP contribution < -0.4 is 5.32 Å². The molecule has 0 aliphatic carbocycles. The Kier molecular flexibility index (Phi) is 6.14. The van der Waals surface area contributed by atoms with E-state index in [1.165, 1.54) is 17.7 Å². The van der Waals surface area contributed by atoms with Gasteiger partial charge in [-0.05, 0) is 23.3 Å². The molecule has 132 valence electrons. The lowest BCUT2D eigenvalue weighted by Gasteiger charge is -2.34. The van der Waals surface area contributed by atoms with Crippen molar-refractivity contribution in [2.45, 2.75) is 13.1 Å². The Hall–Kier alpha value is -2.24. The molecule has 0 bridgehead atoms. The molecule has 2 aromatic carbocycles. The average molecular weight is 341 g/mol. The molecule has 4 nitrogen and oxygen atoms in total. The Labute approximate surface area is 148 Å². The maximum absolute atomic E-state index is 12.9. The lowest BCUT2D eigenvalue weighted by molar-refractivity contribution is -0.132. The Balaban J connectivity index is 1.37. The Bertz CT molecular complexity index is 667. The minimum Gasteiger partial charge on any atom is -0.339 e. The van der Waals surface area contributed by atoms with Gasteiger partial charge in [-0.3, -0.25) is 9.69 Å². The molecule has 1 amide bonds. The van der Waals surface area contributed by atoms with Gasteiger partial charge in [-0.15, -0.1) is 0 Å². The van der Waals surface area contributed by atoms with E-state index >= 15 is 0 Å². The monoisotopic (exact) mass is 341 g/mol. The summed E-state index contributed by atoms with van der Waals surface area (Å²) in [6.07, 6.45) is 0. The highest BCUT2D eigenvalue weighted by molar-refractivity contribution is 5.78. The fourth-order valence-corrected chi connectivity index (χ4v) is 3.02. The van der Waals surface area contributed by atoms with Crippen LogP contribution in [-0.4, -0.2) is 48.4 Å². The highest BCUT2D eigenvalue weighted by Gasteiger charge is 2.20. The first-order chi connectivity index (χ1) is 12.2. The maximum Gasteiger partial charge on any atom is 0.236 e. The summed E-state index contributed by atoms with van der Waals surface area (Å²) in [5, 5.41) is 3.14. The molecule has 0 unspecified atom stereocenters. The molecule has 1 aliphatic heterocycles. The summed E-state index contributed by atoms with van der Waals surface area (Å²) in [7, 11) is 0. The van der Waals surface area contributed by atoms with Crippen molar-refractivity contribution in [2.75, 3.05) is 32.7 Å². The normalized spacial score (nSPS) is 15.3. The first-order valence-electron chi connectivity index (χ1n) is 8.70. The summed E-state index contributed by atoms with van der Waals surface area (Å²) in [6.45, 7) is 5.16. The topological polar surface area (TPSA) is 35.6 Å². The Morgan fingerprint density at radius 3 is 2.28 bits per heavy atom. The van der Waals surface area contributed by atoms with Gasteiger partial charge in [0.2, 0.25) is 5.91 Å². The Morgan fingerprint density at radius 1 is 0.920 bits per heavy atom. The highest BCUT2D eigenvalue weighted by Crippen LogP contribution is 2.08. The third kappa shape index (κ3) is 5.37. The predicted octanol–water partition coefficient (Wildman–Crippen LogP) is 2.26. The number of halogens is 1. The summed E-state index contributed by atoms with van der Waals surface area (Å²) in [5.41, 5.74) is 2.28. The van der Waals surface area contributed by atoms with E-state index in [1.807, 2.05) is 11.0 Å². The average Bonchev–Trinajstić information content (AvgIpc) is 2.65. The number of piperazine rings is 1. The van der Waals surface area contributed by atoms with Gasteiger partial charge in [0.15, 0.2) is 0 Å². The molecule has 3 rings (SSSR count). The van der Waals surface area contributed by atoms with Gasteiger partial charge >= 0.3 is 0 Å². The molecule has 1 aliphatic rings. The number of hydrogen-bond acceptors (Lipinski definition) is 3. The minimum atomic E-state index is -0.242. The van der Waals surface area contributed by atoms with E-state index in [-0.39, 0.29) is 11.7 Å². The third-order valence-corrected chi connectivity index (χ3v) is 4.49. The molecule has 0 atom stereocenters. The van der Waals surface area contributed by atoms with Gasteiger partial charge in [0.1, 0.15) is 5.82 Å². The van der Waals surface area contributed by atoms with Crippen LogP contribution in [0.5, 0.6) is 0 Å². The van der Waals surface area contributed by atoms with Crippen LogP contribution in [0.15, 0.2) is 54.6 Å². The van der Waals surface area contributed by atoms with Crippen LogP contribution >= 0.6 is 0 Å².